The average Bonchev–Trinajstić information content (AvgIpc) is 2.25. The Balaban J connectivity index is 2.13. The number of nitrogens with zero attached hydrogens (tertiary/aromatic N) is 1. The molecule has 1 unspecified atom stereocenters. The van der Waals surface area contributed by atoms with Gasteiger partial charge in [0.2, 0.25) is 0 Å². The number of aliphatic hydroxyl groups excluding tert-OH is 1. The molecular formula is C13H18BrNO. The molecule has 1 aliphatic rings. The molecule has 1 aromatic rings. The van der Waals surface area contributed by atoms with Gasteiger partial charge >= 0.3 is 0 Å². The van der Waals surface area contributed by atoms with Crippen LogP contribution < -0.4 is 4.90 Å². The van der Waals surface area contributed by atoms with Gasteiger partial charge in [0.1, 0.15) is 0 Å². The number of aryl methyl sites for hydroxylation is 1. The molecule has 1 aliphatic heterocycles. The van der Waals surface area contributed by atoms with Gasteiger partial charge in [0.05, 0.1) is 6.10 Å². The van der Waals surface area contributed by atoms with Gasteiger partial charge in [0.15, 0.2) is 0 Å². The lowest BCUT2D eigenvalue weighted by Gasteiger charge is -2.31. The fraction of sp³-hybridized carbons (Fsp3) is 0.538. The van der Waals surface area contributed by atoms with Crippen LogP contribution in [0.4, 0.5) is 5.69 Å². The van der Waals surface area contributed by atoms with Crippen molar-refractivity contribution in [2.24, 2.45) is 0 Å². The highest BCUT2D eigenvalue weighted by Gasteiger charge is 2.16. The van der Waals surface area contributed by atoms with E-state index in [0.29, 0.717) is 0 Å². The molecule has 0 saturated carbocycles. The lowest BCUT2D eigenvalue weighted by molar-refractivity contribution is 0.186. The van der Waals surface area contributed by atoms with Crippen molar-refractivity contribution in [3.63, 3.8) is 0 Å². The van der Waals surface area contributed by atoms with Gasteiger partial charge < -0.3 is 10.0 Å². The van der Waals surface area contributed by atoms with E-state index in [4.69, 9.17) is 0 Å². The van der Waals surface area contributed by atoms with Crippen LogP contribution in [0.25, 0.3) is 0 Å². The lowest BCUT2D eigenvalue weighted by atomic mass is 10.0. The highest BCUT2D eigenvalue weighted by molar-refractivity contribution is 9.10. The van der Waals surface area contributed by atoms with Crippen molar-refractivity contribution in [3.05, 3.63) is 28.2 Å². The maximum absolute atomic E-state index is 9.34. The Morgan fingerprint density at radius 2 is 2.31 bits per heavy atom. The van der Waals surface area contributed by atoms with Gasteiger partial charge in [-0.1, -0.05) is 15.9 Å². The third kappa shape index (κ3) is 2.77. The molecule has 2 rings (SSSR count). The number of halogens is 1. The highest BCUT2D eigenvalue weighted by atomic mass is 79.9. The molecule has 1 atom stereocenters. The van der Waals surface area contributed by atoms with Crippen LogP contribution >= 0.6 is 15.9 Å². The topological polar surface area (TPSA) is 23.5 Å². The predicted octanol–water partition coefficient (Wildman–Crippen LogP) is 2.97. The maximum atomic E-state index is 9.34. The number of benzene rings is 1. The second-order valence-corrected chi connectivity index (χ2v) is 5.42. The van der Waals surface area contributed by atoms with Gasteiger partial charge in [-0.2, -0.15) is 0 Å². The first-order chi connectivity index (χ1) is 7.66. The number of hydrogen-bond donors (Lipinski definition) is 1. The summed E-state index contributed by atoms with van der Waals surface area (Å²) in [6.07, 6.45) is 3.01. The van der Waals surface area contributed by atoms with Gasteiger partial charge in [-0.25, -0.2) is 0 Å². The second kappa shape index (κ2) is 5.19. The van der Waals surface area contributed by atoms with Crippen LogP contribution in [0.15, 0.2) is 22.7 Å². The smallest absolute Gasteiger partial charge is 0.0528 e. The molecule has 16 heavy (non-hydrogen) atoms. The SMILES string of the molecule is CC(O)CCN1CCCc2cc(Br)ccc21. The average molecular weight is 284 g/mol. The Kier molecular flexibility index (Phi) is 3.87. The normalized spacial score (nSPS) is 17.1. The molecule has 0 aromatic heterocycles. The number of hydrogen-bond acceptors (Lipinski definition) is 2. The van der Waals surface area contributed by atoms with Crippen LogP contribution in [0.2, 0.25) is 0 Å². The third-order valence-electron chi connectivity index (χ3n) is 3.07. The zero-order valence-electron chi connectivity index (χ0n) is 9.62. The molecular weight excluding hydrogens is 266 g/mol. The van der Waals surface area contributed by atoms with Crippen molar-refractivity contribution in [1.82, 2.24) is 0 Å². The quantitative estimate of drug-likeness (QED) is 0.922. The van der Waals surface area contributed by atoms with Crippen LogP contribution in [-0.4, -0.2) is 24.3 Å². The first kappa shape index (κ1) is 11.9. The van der Waals surface area contributed by atoms with E-state index >= 15 is 0 Å². The first-order valence-electron chi connectivity index (χ1n) is 5.88. The van der Waals surface area contributed by atoms with Gasteiger partial charge in [-0.15, -0.1) is 0 Å². The molecule has 88 valence electrons. The minimum Gasteiger partial charge on any atom is -0.393 e. The van der Waals surface area contributed by atoms with Crippen molar-refractivity contribution in [2.75, 3.05) is 18.0 Å². The van der Waals surface area contributed by atoms with Gasteiger partial charge in [-0.05, 0) is 49.9 Å². The summed E-state index contributed by atoms with van der Waals surface area (Å²) in [6, 6.07) is 6.49. The number of anilines is 1. The van der Waals surface area contributed by atoms with Gasteiger partial charge in [0.25, 0.3) is 0 Å². The molecule has 3 heteroatoms. The van der Waals surface area contributed by atoms with Crippen molar-refractivity contribution in [3.8, 4) is 0 Å². The molecule has 1 N–H and O–H groups in total. The van der Waals surface area contributed by atoms with E-state index in [0.717, 1.165) is 24.0 Å². The largest absolute Gasteiger partial charge is 0.393 e. The minimum absolute atomic E-state index is 0.208. The lowest BCUT2D eigenvalue weighted by Crippen LogP contribution is -2.31. The number of aliphatic hydroxyl groups is 1. The zero-order valence-corrected chi connectivity index (χ0v) is 11.2. The first-order valence-corrected chi connectivity index (χ1v) is 6.67. The molecule has 0 spiro atoms. The fourth-order valence-electron chi connectivity index (χ4n) is 2.22. The Hall–Kier alpha value is -0.540. The van der Waals surface area contributed by atoms with E-state index in [1.54, 1.807) is 0 Å². The summed E-state index contributed by atoms with van der Waals surface area (Å²) >= 11 is 3.51. The molecule has 1 aromatic carbocycles. The summed E-state index contributed by atoms with van der Waals surface area (Å²) in [7, 11) is 0. The molecule has 0 bridgehead atoms. The number of fused-ring (bicyclic) bond motifs is 1. The summed E-state index contributed by atoms with van der Waals surface area (Å²) in [4.78, 5) is 2.39. The zero-order chi connectivity index (χ0) is 11.5. The Morgan fingerprint density at radius 1 is 1.50 bits per heavy atom. The van der Waals surface area contributed by atoms with Crippen molar-refractivity contribution in [1.29, 1.82) is 0 Å². The summed E-state index contributed by atoms with van der Waals surface area (Å²) in [5, 5.41) is 9.34. The summed E-state index contributed by atoms with van der Waals surface area (Å²) in [5.74, 6) is 0. The van der Waals surface area contributed by atoms with Crippen LogP contribution in [-0.2, 0) is 6.42 Å². The fourth-order valence-corrected chi connectivity index (χ4v) is 2.63. The summed E-state index contributed by atoms with van der Waals surface area (Å²) in [5.41, 5.74) is 2.77. The van der Waals surface area contributed by atoms with Crippen LogP contribution in [0.5, 0.6) is 0 Å². The molecule has 0 radical (unpaired) electrons. The molecule has 1 heterocycles. The van der Waals surface area contributed by atoms with E-state index in [2.05, 4.69) is 39.0 Å². The highest BCUT2D eigenvalue weighted by Crippen LogP contribution is 2.29. The Bertz CT molecular complexity index is 365. The third-order valence-corrected chi connectivity index (χ3v) is 3.57. The molecule has 2 nitrogen and oxygen atoms in total. The van der Waals surface area contributed by atoms with Gasteiger partial charge in [0, 0.05) is 23.2 Å². The van der Waals surface area contributed by atoms with Crippen molar-refractivity contribution in [2.45, 2.75) is 32.3 Å². The second-order valence-electron chi connectivity index (χ2n) is 4.50. The van der Waals surface area contributed by atoms with Crippen LogP contribution in [0.3, 0.4) is 0 Å². The molecule has 0 fully saturated rings. The summed E-state index contributed by atoms with van der Waals surface area (Å²) < 4.78 is 1.16. The van der Waals surface area contributed by atoms with E-state index in [9.17, 15) is 5.11 Å². The van der Waals surface area contributed by atoms with Crippen LogP contribution in [0.1, 0.15) is 25.3 Å². The maximum Gasteiger partial charge on any atom is 0.0528 e. The van der Waals surface area contributed by atoms with Gasteiger partial charge in [-0.3, -0.25) is 0 Å². The summed E-state index contributed by atoms with van der Waals surface area (Å²) in [6.45, 7) is 3.92. The van der Waals surface area contributed by atoms with E-state index in [1.807, 2.05) is 6.92 Å². The molecule has 0 saturated heterocycles. The molecule has 0 aliphatic carbocycles. The van der Waals surface area contributed by atoms with E-state index < -0.39 is 0 Å². The van der Waals surface area contributed by atoms with Crippen molar-refractivity contribution < 1.29 is 5.11 Å². The molecule has 0 amide bonds. The number of rotatable bonds is 3. The predicted molar refractivity (Wildman–Crippen MR) is 71.0 cm³/mol. The Morgan fingerprint density at radius 3 is 3.06 bits per heavy atom. The van der Waals surface area contributed by atoms with Crippen molar-refractivity contribution >= 4 is 21.6 Å². The Labute approximate surface area is 105 Å². The van der Waals surface area contributed by atoms with E-state index in [-0.39, 0.29) is 6.10 Å². The van der Waals surface area contributed by atoms with E-state index in [1.165, 1.54) is 24.1 Å². The standard InChI is InChI=1S/C13H18BrNO/c1-10(16)6-8-15-7-2-3-11-9-12(14)4-5-13(11)15/h4-5,9-10,16H,2-3,6-8H2,1H3. The minimum atomic E-state index is -0.208. The van der Waals surface area contributed by atoms with Crippen LogP contribution in [0, 0.1) is 0 Å². The monoisotopic (exact) mass is 283 g/mol.